The molecule has 4 nitrogen and oxygen atoms in total. The van der Waals surface area contributed by atoms with E-state index in [9.17, 15) is 4.79 Å². The van der Waals surface area contributed by atoms with Crippen LogP contribution in [0.5, 0.6) is 0 Å². The molecule has 21 heavy (non-hydrogen) atoms. The Bertz CT molecular complexity index is 482. The van der Waals surface area contributed by atoms with Crippen molar-refractivity contribution in [2.45, 2.75) is 75.9 Å². The zero-order chi connectivity index (χ0) is 15.5. The molecule has 0 saturated carbocycles. The molecular formula is C16H27NO3Si. The molecule has 2 heterocycles. The number of rotatable bonds is 3. The van der Waals surface area contributed by atoms with Gasteiger partial charge in [-0.1, -0.05) is 26.8 Å². The molecule has 0 aromatic rings. The van der Waals surface area contributed by atoms with Crippen molar-refractivity contribution in [1.82, 2.24) is 4.90 Å². The quantitative estimate of drug-likeness (QED) is 0.589. The molecule has 3 rings (SSSR count). The van der Waals surface area contributed by atoms with Gasteiger partial charge in [0.15, 0.2) is 8.32 Å². The molecule has 2 saturated heterocycles. The number of ether oxygens (including phenoxy) is 1. The van der Waals surface area contributed by atoms with Gasteiger partial charge in [-0.05, 0) is 43.5 Å². The Morgan fingerprint density at radius 3 is 2.86 bits per heavy atom. The fourth-order valence-corrected chi connectivity index (χ4v) is 4.57. The lowest BCUT2D eigenvalue weighted by atomic mass is 9.92. The molecular weight excluding hydrogens is 282 g/mol. The van der Waals surface area contributed by atoms with Gasteiger partial charge >= 0.3 is 6.09 Å². The number of amides is 1. The van der Waals surface area contributed by atoms with Crippen molar-refractivity contribution in [3.8, 4) is 0 Å². The number of hydrogen-bond donors (Lipinski definition) is 0. The van der Waals surface area contributed by atoms with Gasteiger partial charge in [0.1, 0.15) is 6.10 Å². The molecule has 3 aliphatic rings. The number of carbonyl (C=O) groups is 1. The van der Waals surface area contributed by atoms with E-state index in [2.05, 4.69) is 46.0 Å². The topological polar surface area (TPSA) is 38.8 Å². The molecule has 0 unspecified atom stereocenters. The van der Waals surface area contributed by atoms with Crippen molar-refractivity contribution in [3.05, 3.63) is 12.2 Å². The summed E-state index contributed by atoms with van der Waals surface area (Å²) in [5.74, 6) is 0. The van der Waals surface area contributed by atoms with Gasteiger partial charge in [-0.3, -0.25) is 4.90 Å². The first kappa shape index (κ1) is 15.1. The average Bonchev–Trinajstić information content (AvgIpc) is 2.97. The molecule has 0 bridgehead atoms. The third-order valence-corrected chi connectivity index (χ3v) is 10.4. The lowest BCUT2D eigenvalue weighted by Crippen LogP contribution is -2.50. The summed E-state index contributed by atoms with van der Waals surface area (Å²) in [6.45, 7) is 11.9. The minimum absolute atomic E-state index is 0.0390. The van der Waals surface area contributed by atoms with Crippen molar-refractivity contribution in [2.24, 2.45) is 0 Å². The average molecular weight is 309 g/mol. The van der Waals surface area contributed by atoms with Crippen LogP contribution in [0.3, 0.4) is 0 Å². The Morgan fingerprint density at radius 2 is 2.19 bits per heavy atom. The summed E-state index contributed by atoms with van der Waals surface area (Å²) >= 11 is 0. The SMILES string of the molecule is CC(C)(C)[Si](C)(C)OC[C@@H]1CC[C@@]23CC=C[C@@H]2OC(=O)N13. The maximum absolute atomic E-state index is 12.2. The van der Waals surface area contributed by atoms with E-state index in [4.69, 9.17) is 9.16 Å². The van der Waals surface area contributed by atoms with Gasteiger partial charge in [0.05, 0.1) is 18.2 Å². The van der Waals surface area contributed by atoms with Crippen LogP contribution in [-0.4, -0.2) is 43.6 Å². The summed E-state index contributed by atoms with van der Waals surface area (Å²) in [7, 11) is -1.77. The number of carbonyl (C=O) groups excluding carboxylic acids is 1. The third-order valence-electron chi connectivity index (χ3n) is 5.93. The van der Waals surface area contributed by atoms with Crippen molar-refractivity contribution >= 4 is 14.4 Å². The van der Waals surface area contributed by atoms with E-state index in [0.717, 1.165) is 19.3 Å². The van der Waals surface area contributed by atoms with Crippen molar-refractivity contribution in [2.75, 3.05) is 6.61 Å². The highest BCUT2D eigenvalue weighted by Crippen LogP contribution is 2.49. The highest BCUT2D eigenvalue weighted by Gasteiger charge is 2.61. The number of hydrogen-bond acceptors (Lipinski definition) is 3. The molecule has 0 radical (unpaired) electrons. The molecule has 1 spiro atoms. The van der Waals surface area contributed by atoms with Crippen molar-refractivity contribution in [3.63, 3.8) is 0 Å². The van der Waals surface area contributed by atoms with E-state index in [1.807, 2.05) is 4.90 Å². The Balaban J connectivity index is 1.70. The Kier molecular flexibility index (Phi) is 3.30. The monoisotopic (exact) mass is 309 g/mol. The molecule has 5 heteroatoms. The van der Waals surface area contributed by atoms with E-state index in [1.54, 1.807) is 0 Å². The van der Waals surface area contributed by atoms with Crippen LogP contribution in [0.1, 0.15) is 40.0 Å². The minimum Gasteiger partial charge on any atom is -0.439 e. The predicted molar refractivity (Wildman–Crippen MR) is 84.8 cm³/mol. The molecule has 0 aromatic carbocycles. The van der Waals surface area contributed by atoms with Crippen LogP contribution in [-0.2, 0) is 9.16 Å². The van der Waals surface area contributed by atoms with Gasteiger partial charge in [-0.25, -0.2) is 4.79 Å². The molecule has 2 aliphatic heterocycles. The fourth-order valence-electron chi connectivity index (χ4n) is 3.52. The fraction of sp³-hybridized carbons (Fsp3) is 0.812. The molecule has 0 N–H and O–H groups in total. The van der Waals surface area contributed by atoms with Crippen molar-refractivity contribution in [1.29, 1.82) is 0 Å². The summed E-state index contributed by atoms with van der Waals surface area (Å²) in [5, 5.41) is 0.201. The van der Waals surface area contributed by atoms with Gasteiger partial charge in [-0.2, -0.15) is 0 Å². The highest BCUT2D eigenvalue weighted by atomic mass is 28.4. The largest absolute Gasteiger partial charge is 0.439 e. The van der Waals surface area contributed by atoms with E-state index in [1.165, 1.54) is 0 Å². The lowest BCUT2D eigenvalue weighted by Gasteiger charge is -2.38. The van der Waals surface area contributed by atoms with Gasteiger partial charge < -0.3 is 9.16 Å². The number of nitrogens with zero attached hydrogens (tertiary/aromatic N) is 1. The first-order valence-corrected chi connectivity index (χ1v) is 10.9. The van der Waals surface area contributed by atoms with Gasteiger partial charge in [0, 0.05) is 0 Å². The smallest absolute Gasteiger partial charge is 0.411 e. The third kappa shape index (κ3) is 2.16. The maximum atomic E-state index is 12.2. The summed E-state index contributed by atoms with van der Waals surface area (Å²) in [6, 6.07) is 0.177. The van der Waals surface area contributed by atoms with Crippen LogP contribution >= 0.6 is 0 Å². The lowest BCUT2D eigenvalue weighted by molar-refractivity contribution is 0.122. The van der Waals surface area contributed by atoms with Gasteiger partial charge in [-0.15, -0.1) is 0 Å². The Hall–Kier alpha value is -0.813. The molecule has 1 amide bonds. The van der Waals surface area contributed by atoms with Crippen molar-refractivity contribution < 1.29 is 14.0 Å². The zero-order valence-electron chi connectivity index (χ0n) is 13.8. The summed E-state index contributed by atoms with van der Waals surface area (Å²) in [4.78, 5) is 14.2. The zero-order valence-corrected chi connectivity index (χ0v) is 14.8. The van der Waals surface area contributed by atoms with E-state index in [-0.39, 0.29) is 28.8 Å². The first-order valence-electron chi connectivity index (χ1n) is 7.98. The molecule has 118 valence electrons. The van der Waals surface area contributed by atoms with Crippen LogP contribution < -0.4 is 0 Å². The van der Waals surface area contributed by atoms with Crippen LogP contribution in [0.15, 0.2) is 12.2 Å². The highest BCUT2D eigenvalue weighted by molar-refractivity contribution is 6.74. The minimum atomic E-state index is -1.77. The predicted octanol–water partition coefficient (Wildman–Crippen LogP) is 3.69. The maximum Gasteiger partial charge on any atom is 0.411 e. The first-order chi connectivity index (χ1) is 9.67. The second-order valence-electron chi connectivity index (χ2n) is 8.17. The van der Waals surface area contributed by atoms with Crippen LogP contribution in [0.4, 0.5) is 4.79 Å². The summed E-state index contributed by atoms with van der Waals surface area (Å²) in [6.07, 6.45) is 7.01. The van der Waals surface area contributed by atoms with E-state index in [0.29, 0.717) is 6.61 Å². The normalized spacial score (nSPS) is 35.1. The second-order valence-corrected chi connectivity index (χ2v) is 13.0. The van der Waals surface area contributed by atoms with E-state index < -0.39 is 8.32 Å². The molecule has 0 aromatic heterocycles. The second kappa shape index (κ2) is 4.59. The molecule has 1 aliphatic carbocycles. The summed E-state index contributed by atoms with van der Waals surface area (Å²) < 4.78 is 11.9. The van der Waals surface area contributed by atoms with Crippen LogP contribution in [0.25, 0.3) is 0 Å². The van der Waals surface area contributed by atoms with E-state index >= 15 is 0 Å². The van der Waals surface area contributed by atoms with Gasteiger partial charge in [0.2, 0.25) is 0 Å². The Morgan fingerprint density at radius 1 is 1.48 bits per heavy atom. The molecule has 3 atom stereocenters. The van der Waals surface area contributed by atoms with Gasteiger partial charge in [0.25, 0.3) is 0 Å². The van der Waals surface area contributed by atoms with Crippen LogP contribution in [0.2, 0.25) is 18.1 Å². The molecule has 2 fully saturated rings. The standard InChI is InChI=1S/C16H27NO3Si/c1-15(2,3)21(4,5)19-11-12-8-10-16-9-6-7-13(16)20-14(18)17(12)16/h6-7,12-13H,8-11H2,1-5H3/t12-,13-,16-/m0/s1. The Labute approximate surface area is 128 Å². The summed E-state index contributed by atoms with van der Waals surface area (Å²) in [5.41, 5.74) is -0.0987. The van der Waals surface area contributed by atoms with Crippen LogP contribution in [0, 0.1) is 0 Å².